The van der Waals surface area contributed by atoms with Gasteiger partial charge < -0.3 is 10.1 Å². The van der Waals surface area contributed by atoms with Crippen molar-refractivity contribution >= 4 is 16.8 Å². The Bertz CT molecular complexity index is 887. The fraction of sp³-hybridized carbons (Fsp3) is 0.550. The van der Waals surface area contributed by atoms with Crippen LogP contribution in [0, 0.1) is 0 Å². The smallest absolute Gasteiger partial charge is 0.261 e. The number of benzene rings is 1. The van der Waals surface area contributed by atoms with Gasteiger partial charge in [0.25, 0.3) is 11.5 Å². The van der Waals surface area contributed by atoms with Gasteiger partial charge in [-0.2, -0.15) is 0 Å². The summed E-state index contributed by atoms with van der Waals surface area (Å²) in [7, 11) is 0. The average Bonchev–Trinajstić information content (AvgIpc) is 2.94. The molecule has 3 heterocycles. The van der Waals surface area contributed by atoms with Gasteiger partial charge >= 0.3 is 0 Å². The van der Waals surface area contributed by atoms with E-state index in [1.54, 1.807) is 22.8 Å². The molecule has 27 heavy (non-hydrogen) atoms. The van der Waals surface area contributed by atoms with Crippen LogP contribution >= 0.6 is 0 Å². The first-order chi connectivity index (χ1) is 13.2. The van der Waals surface area contributed by atoms with E-state index in [1.165, 1.54) is 0 Å². The molecule has 7 nitrogen and oxygen atoms in total. The van der Waals surface area contributed by atoms with Crippen molar-refractivity contribution in [2.45, 2.75) is 32.2 Å². The van der Waals surface area contributed by atoms with E-state index in [2.05, 4.69) is 10.2 Å². The molecule has 0 radical (unpaired) electrons. The normalized spacial score (nSPS) is 18.1. The van der Waals surface area contributed by atoms with Gasteiger partial charge in [0.1, 0.15) is 5.82 Å². The van der Waals surface area contributed by atoms with Gasteiger partial charge in [0.15, 0.2) is 0 Å². The fourth-order valence-corrected chi connectivity index (χ4v) is 3.81. The third kappa shape index (κ3) is 4.04. The molecule has 1 fully saturated rings. The number of morpholine rings is 1. The lowest BCUT2D eigenvalue weighted by atomic mass is 10.1. The lowest BCUT2D eigenvalue weighted by Gasteiger charge is -2.26. The molecular weight excluding hydrogens is 344 g/mol. The quantitative estimate of drug-likeness (QED) is 0.875. The lowest BCUT2D eigenvalue weighted by Crippen LogP contribution is -2.41. The molecular formula is C20H26N4O3. The number of nitrogens with zero attached hydrogens (tertiary/aromatic N) is 3. The van der Waals surface area contributed by atoms with Crippen molar-refractivity contribution in [3.8, 4) is 0 Å². The molecule has 7 heteroatoms. The summed E-state index contributed by atoms with van der Waals surface area (Å²) < 4.78 is 7.13. The van der Waals surface area contributed by atoms with Gasteiger partial charge in [0.2, 0.25) is 0 Å². The summed E-state index contributed by atoms with van der Waals surface area (Å²) in [5.41, 5.74) is 1.18. The maximum Gasteiger partial charge on any atom is 0.261 e. The zero-order valence-corrected chi connectivity index (χ0v) is 15.6. The van der Waals surface area contributed by atoms with E-state index in [4.69, 9.17) is 9.72 Å². The minimum Gasteiger partial charge on any atom is -0.379 e. The van der Waals surface area contributed by atoms with E-state index in [1.807, 2.05) is 0 Å². The molecule has 0 saturated carbocycles. The molecule has 144 valence electrons. The molecule has 0 unspecified atom stereocenters. The Labute approximate surface area is 158 Å². The maximum atomic E-state index is 12.8. The van der Waals surface area contributed by atoms with E-state index in [0.717, 1.165) is 70.9 Å². The predicted octanol–water partition coefficient (Wildman–Crippen LogP) is 1.18. The molecule has 0 aliphatic carbocycles. The molecule has 2 aromatic rings. The van der Waals surface area contributed by atoms with Crippen LogP contribution in [-0.4, -0.2) is 59.8 Å². The van der Waals surface area contributed by atoms with Crippen LogP contribution in [0.15, 0.2) is 23.0 Å². The number of aryl methyl sites for hydroxylation is 1. The molecule has 1 aromatic heterocycles. The van der Waals surface area contributed by atoms with Crippen LogP contribution in [0.2, 0.25) is 0 Å². The average molecular weight is 370 g/mol. The number of carbonyl (C=O) groups excluding carboxylic acids is 1. The van der Waals surface area contributed by atoms with Crippen molar-refractivity contribution in [1.29, 1.82) is 0 Å². The number of carbonyl (C=O) groups is 1. The van der Waals surface area contributed by atoms with Crippen molar-refractivity contribution in [1.82, 2.24) is 19.8 Å². The summed E-state index contributed by atoms with van der Waals surface area (Å²) in [5, 5.41) is 3.55. The van der Waals surface area contributed by atoms with Crippen molar-refractivity contribution in [2.75, 3.05) is 39.4 Å². The second-order valence-corrected chi connectivity index (χ2v) is 7.24. The van der Waals surface area contributed by atoms with Gasteiger partial charge in [-0.3, -0.25) is 19.1 Å². The van der Waals surface area contributed by atoms with Gasteiger partial charge in [-0.25, -0.2) is 4.98 Å². The molecule has 1 aromatic carbocycles. The largest absolute Gasteiger partial charge is 0.379 e. The number of amides is 1. The minimum absolute atomic E-state index is 0.0103. The number of nitrogens with one attached hydrogen (secondary N) is 1. The monoisotopic (exact) mass is 370 g/mol. The number of rotatable bonds is 4. The molecule has 0 atom stereocenters. The summed E-state index contributed by atoms with van der Waals surface area (Å²) in [5.74, 6) is 0.719. The second kappa shape index (κ2) is 8.19. The second-order valence-electron chi connectivity index (χ2n) is 7.24. The Morgan fingerprint density at radius 1 is 1.15 bits per heavy atom. The van der Waals surface area contributed by atoms with E-state index in [9.17, 15) is 9.59 Å². The van der Waals surface area contributed by atoms with Gasteiger partial charge in [-0.15, -0.1) is 0 Å². The minimum atomic E-state index is -0.123. The van der Waals surface area contributed by atoms with Crippen molar-refractivity contribution < 1.29 is 9.53 Å². The number of hydrogen-bond donors (Lipinski definition) is 1. The Kier molecular flexibility index (Phi) is 5.50. The molecule has 0 spiro atoms. The molecule has 2 aliphatic rings. The van der Waals surface area contributed by atoms with Crippen LogP contribution in [0.1, 0.15) is 35.4 Å². The number of hydrogen-bond acceptors (Lipinski definition) is 5. The molecule has 2 aliphatic heterocycles. The summed E-state index contributed by atoms with van der Waals surface area (Å²) in [4.78, 5) is 32.2. The third-order valence-corrected chi connectivity index (χ3v) is 5.40. The summed E-state index contributed by atoms with van der Waals surface area (Å²) in [6, 6.07) is 5.20. The zero-order valence-electron chi connectivity index (χ0n) is 15.6. The Morgan fingerprint density at radius 3 is 2.85 bits per heavy atom. The fourth-order valence-electron chi connectivity index (χ4n) is 3.81. The van der Waals surface area contributed by atoms with Crippen molar-refractivity contribution in [2.24, 2.45) is 0 Å². The maximum absolute atomic E-state index is 12.8. The topological polar surface area (TPSA) is 76.5 Å². The van der Waals surface area contributed by atoms with E-state index >= 15 is 0 Å². The summed E-state index contributed by atoms with van der Waals surface area (Å²) in [6.45, 7) is 5.47. The Hall–Kier alpha value is -2.25. The molecule has 1 amide bonds. The SMILES string of the molecule is O=C(NCCN1CCOCC1)c1ccc2c(=O)n3c(nc2c1)CCCCC3. The van der Waals surface area contributed by atoms with Crippen LogP contribution in [0.25, 0.3) is 10.9 Å². The van der Waals surface area contributed by atoms with Gasteiger partial charge in [0, 0.05) is 44.7 Å². The number of aromatic nitrogens is 2. The van der Waals surface area contributed by atoms with Crippen LogP contribution in [0.4, 0.5) is 0 Å². The first kappa shape index (κ1) is 18.1. The van der Waals surface area contributed by atoms with Crippen molar-refractivity contribution in [3.63, 3.8) is 0 Å². The first-order valence-electron chi connectivity index (χ1n) is 9.84. The highest BCUT2D eigenvalue weighted by atomic mass is 16.5. The molecule has 1 N–H and O–H groups in total. The lowest BCUT2D eigenvalue weighted by molar-refractivity contribution is 0.0383. The Morgan fingerprint density at radius 2 is 2.00 bits per heavy atom. The van der Waals surface area contributed by atoms with Gasteiger partial charge in [-0.1, -0.05) is 6.42 Å². The van der Waals surface area contributed by atoms with Crippen LogP contribution in [-0.2, 0) is 17.7 Å². The van der Waals surface area contributed by atoms with Crippen LogP contribution < -0.4 is 10.9 Å². The van der Waals surface area contributed by atoms with E-state index in [0.29, 0.717) is 23.0 Å². The van der Waals surface area contributed by atoms with Gasteiger partial charge in [0.05, 0.1) is 24.1 Å². The number of fused-ring (bicyclic) bond motifs is 2. The van der Waals surface area contributed by atoms with Crippen LogP contribution in [0.5, 0.6) is 0 Å². The first-order valence-corrected chi connectivity index (χ1v) is 9.84. The molecule has 1 saturated heterocycles. The van der Waals surface area contributed by atoms with Gasteiger partial charge in [-0.05, 0) is 31.0 Å². The van der Waals surface area contributed by atoms with Crippen molar-refractivity contribution in [3.05, 3.63) is 39.9 Å². The third-order valence-electron chi connectivity index (χ3n) is 5.40. The van der Waals surface area contributed by atoms with E-state index < -0.39 is 0 Å². The zero-order chi connectivity index (χ0) is 18.6. The standard InChI is InChI=1S/C20H26N4O3/c25-19(21-7-9-23-10-12-27-13-11-23)15-5-6-16-17(14-15)22-18-4-2-1-3-8-24(18)20(16)26/h5-6,14H,1-4,7-13H2,(H,21,25). The molecule has 4 rings (SSSR count). The van der Waals surface area contributed by atoms with Crippen LogP contribution in [0.3, 0.4) is 0 Å². The Balaban J connectivity index is 1.49. The molecule has 0 bridgehead atoms. The highest BCUT2D eigenvalue weighted by Crippen LogP contribution is 2.16. The summed E-state index contributed by atoms with van der Waals surface area (Å²) >= 11 is 0. The predicted molar refractivity (Wildman–Crippen MR) is 103 cm³/mol. The highest BCUT2D eigenvalue weighted by Gasteiger charge is 2.16. The number of ether oxygens (including phenoxy) is 1. The highest BCUT2D eigenvalue weighted by molar-refractivity contribution is 5.97. The summed E-state index contributed by atoms with van der Waals surface area (Å²) in [6.07, 6.45) is 4.01. The van der Waals surface area contributed by atoms with E-state index in [-0.39, 0.29) is 11.5 Å².